The Hall–Kier alpha value is -3.74. The van der Waals surface area contributed by atoms with E-state index in [1.165, 1.54) is 0 Å². The van der Waals surface area contributed by atoms with Gasteiger partial charge in [0, 0.05) is 5.69 Å². The quantitative estimate of drug-likeness (QED) is 0.462. The van der Waals surface area contributed by atoms with Gasteiger partial charge in [-0.05, 0) is 60.7 Å². The molecule has 0 spiro atoms. The molecule has 3 aromatic rings. The van der Waals surface area contributed by atoms with Gasteiger partial charge in [-0.25, -0.2) is 4.79 Å². The van der Waals surface area contributed by atoms with Crippen molar-refractivity contribution in [2.24, 2.45) is 5.92 Å². The molecule has 1 atom stereocenters. The number of nitrogens with one attached hydrogen (secondary N) is 2. The smallest absolute Gasteiger partial charge is 0.340 e. The molecule has 7 nitrogen and oxygen atoms in total. The van der Waals surface area contributed by atoms with Gasteiger partial charge >= 0.3 is 5.97 Å². The molecule has 0 bridgehead atoms. The van der Waals surface area contributed by atoms with E-state index >= 15 is 0 Å². The number of methoxy groups -OCH3 is 1. The monoisotopic (exact) mass is 434 g/mol. The van der Waals surface area contributed by atoms with Gasteiger partial charge in [-0.3, -0.25) is 4.79 Å². The zero-order chi connectivity index (χ0) is 22.3. The average Bonchev–Trinajstić information content (AvgIpc) is 3.54. The summed E-state index contributed by atoms with van der Waals surface area (Å²) in [6.45, 7) is 0.0907. The number of hydrogen-bond acceptors (Lipinski definition) is 6. The van der Waals surface area contributed by atoms with Crippen LogP contribution < -0.4 is 15.4 Å². The number of para-hydroxylation sites is 1. The third kappa shape index (κ3) is 5.49. The molecule has 2 N–H and O–H groups in total. The highest BCUT2D eigenvalue weighted by Gasteiger charge is 2.33. The van der Waals surface area contributed by atoms with Gasteiger partial charge in [-0.2, -0.15) is 0 Å². The Morgan fingerprint density at radius 2 is 1.84 bits per heavy atom. The normalized spacial score (nSPS) is 13.8. The van der Waals surface area contributed by atoms with E-state index in [4.69, 9.17) is 13.9 Å². The van der Waals surface area contributed by atoms with Gasteiger partial charge in [-0.1, -0.05) is 24.3 Å². The second-order valence-electron chi connectivity index (χ2n) is 7.71. The second kappa shape index (κ2) is 10.0. The summed E-state index contributed by atoms with van der Waals surface area (Å²) in [7, 11) is 1.62. The fourth-order valence-electron chi connectivity index (χ4n) is 3.55. The third-order valence-corrected chi connectivity index (χ3v) is 5.40. The first kappa shape index (κ1) is 21.5. The lowest BCUT2D eigenvalue weighted by atomic mass is 10.0. The lowest BCUT2D eigenvalue weighted by Gasteiger charge is -2.19. The van der Waals surface area contributed by atoms with E-state index in [0.717, 1.165) is 29.9 Å². The molecule has 1 fully saturated rings. The predicted molar refractivity (Wildman–Crippen MR) is 119 cm³/mol. The summed E-state index contributed by atoms with van der Waals surface area (Å²) in [6.07, 6.45) is 3.72. The first-order valence-electron chi connectivity index (χ1n) is 10.6. The van der Waals surface area contributed by atoms with Gasteiger partial charge in [0.25, 0.3) is 5.91 Å². The van der Waals surface area contributed by atoms with E-state index < -0.39 is 5.97 Å². The highest BCUT2D eigenvalue weighted by atomic mass is 16.5. The number of benzene rings is 2. The number of carbonyl (C=O) groups excluding carboxylic acids is 2. The topological polar surface area (TPSA) is 89.8 Å². The Bertz CT molecular complexity index is 1040. The summed E-state index contributed by atoms with van der Waals surface area (Å²) in [5.41, 5.74) is 1.99. The largest absolute Gasteiger partial charge is 0.497 e. The van der Waals surface area contributed by atoms with Crippen LogP contribution in [0.3, 0.4) is 0 Å². The molecular formula is C25H26N2O5. The standard InChI is InChI=1S/C25H26N2O5/c1-30-19-12-10-18(11-13-19)24(17-8-9-17)27-23(28)16-32-25(29)21-6-2-3-7-22(21)26-15-20-5-4-14-31-20/h2-7,10-14,17,24,26H,8-9,15-16H2,1H3,(H,27,28). The van der Waals surface area contributed by atoms with Gasteiger partial charge in [0.2, 0.25) is 0 Å². The van der Waals surface area contributed by atoms with Crippen molar-refractivity contribution in [3.63, 3.8) is 0 Å². The molecule has 7 heteroatoms. The number of amides is 1. The van der Waals surface area contributed by atoms with Crippen molar-refractivity contribution in [3.8, 4) is 5.75 Å². The lowest BCUT2D eigenvalue weighted by molar-refractivity contribution is -0.125. The lowest BCUT2D eigenvalue weighted by Crippen LogP contribution is -2.33. The summed E-state index contributed by atoms with van der Waals surface area (Å²) in [5, 5.41) is 6.18. The molecule has 0 radical (unpaired) electrons. The van der Waals surface area contributed by atoms with Crippen LogP contribution in [0.5, 0.6) is 5.75 Å². The summed E-state index contributed by atoms with van der Waals surface area (Å²) in [5.74, 6) is 1.02. The SMILES string of the molecule is COc1ccc(C(NC(=O)COC(=O)c2ccccc2NCc2ccco2)C2CC2)cc1. The molecule has 0 aliphatic heterocycles. The highest BCUT2D eigenvalue weighted by molar-refractivity contribution is 5.96. The van der Waals surface area contributed by atoms with E-state index in [0.29, 0.717) is 23.7 Å². The molecule has 32 heavy (non-hydrogen) atoms. The minimum atomic E-state index is -0.560. The average molecular weight is 434 g/mol. The van der Waals surface area contributed by atoms with Crippen molar-refractivity contribution >= 4 is 17.6 Å². The van der Waals surface area contributed by atoms with Crippen LogP contribution in [0.25, 0.3) is 0 Å². The van der Waals surface area contributed by atoms with E-state index in [2.05, 4.69) is 10.6 Å². The van der Waals surface area contributed by atoms with Gasteiger partial charge < -0.3 is 24.5 Å². The number of furan rings is 1. The Morgan fingerprint density at radius 3 is 2.53 bits per heavy atom. The van der Waals surface area contributed by atoms with Crippen LogP contribution in [0.4, 0.5) is 5.69 Å². The van der Waals surface area contributed by atoms with Gasteiger partial charge in [0.1, 0.15) is 11.5 Å². The molecule has 1 aliphatic carbocycles. The van der Waals surface area contributed by atoms with Crippen molar-refractivity contribution in [2.45, 2.75) is 25.4 Å². The third-order valence-electron chi connectivity index (χ3n) is 5.40. The molecule has 166 valence electrons. The molecule has 1 saturated carbocycles. The maximum Gasteiger partial charge on any atom is 0.340 e. The van der Waals surface area contributed by atoms with Crippen molar-refractivity contribution in [1.82, 2.24) is 5.32 Å². The number of esters is 1. The van der Waals surface area contributed by atoms with Crippen LogP contribution in [-0.2, 0) is 16.1 Å². The van der Waals surface area contributed by atoms with Gasteiger partial charge in [0.05, 0.1) is 31.5 Å². The number of rotatable bonds is 10. The predicted octanol–water partition coefficient (Wildman–Crippen LogP) is 4.32. The number of carbonyl (C=O) groups is 2. The van der Waals surface area contributed by atoms with E-state index in [1.807, 2.05) is 36.4 Å². The van der Waals surface area contributed by atoms with E-state index in [9.17, 15) is 9.59 Å². The molecule has 4 rings (SSSR count). The fourth-order valence-corrected chi connectivity index (χ4v) is 3.55. The first-order valence-corrected chi connectivity index (χ1v) is 10.6. The number of ether oxygens (including phenoxy) is 2. The van der Waals surface area contributed by atoms with Crippen LogP contribution in [0.1, 0.15) is 40.6 Å². The van der Waals surface area contributed by atoms with E-state index in [1.54, 1.807) is 37.6 Å². The van der Waals surface area contributed by atoms with Crippen LogP contribution in [-0.4, -0.2) is 25.6 Å². The zero-order valence-electron chi connectivity index (χ0n) is 17.9. The van der Waals surface area contributed by atoms with Gasteiger partial charge in [-0.15, -0.1) is 0 Å². The minimum absolute atomic E-state index is 0.102. The van der Waals surface area contributed by atoms with Crippen molar-refractivity contribution in [1.29, 1.82) is 0 Å². The molecule has 1 aromatic heterocycles. The summed E-state index contributed by atoms with van der Waals surface area (Å²) >= 11 is 0. The molecule has 1 aliphatic rings. The van der Waals surface area contributed by atoms with Crippen LogP contribution in [0, 0.1) is 5.92 Å². The summed E-state index contributed by atoms with van der Waals surface area (Å²) in [4.78, 5) is 25.2. The zero-order valence-corrected chi connectivity index (χ0v) is 17.9. The van der Waals surface area contributed by atoms with Crippen molar-refractivity contribution < 1.29 is 23.5 Å². The first-order chi connectivity index (χ1) is 15.6. The number of anilines is 1. The molecule has 0 saturated heterocycles. The Kier molecular flexibility index (Phi) is 6.75. The maximum absolute atomic E-state index is 12.6. The van der Waals surface area contributed by atoms with Crippen molar-refractivity contribution in [3.05, 3.63) is 83.8 Å². The number of hydrogen-bond donors (Lipinski definition) is 2. The molecule has 1 heterocycles. The minimum Gasteiger partial charge on any atom is -0.497 e. The maximum atomic E-state index is 12.6. The Morgan fingerprint density at radius 1 is 1.06 bits per heavy atom. The van der Waals surface area contributed by atoms with Gasteiger partial charge in [0.15, 0.2) is 6.61 Å². The van der Waals surface area contributed by atoms with Crippen molar-refractivity contribution in [2.75, 3.05) is 19.0 Å². The molecular weight excluding hydrogens is 408 g/mol. The Balaban J connectivity index is 1.33. The van der Waals surface area contributed by atoms with Crippen LogP contribution >= 0.6 is 0 Å². The van der Waals surface area contributed by atoms with Crippen LogP contribution in [0.2, 0.25) is 0 Å². The molecule has 1 amide bonds. The van der Waals surface area contributed by atoms with E-state index in [-0.39, 0.29) is 18.6 Å². The summed E-state index contributed by atoms with van der Waals surface area (Å²) in [6, 6.07) is 18.2. The Labute approximate surface area is 186 Å². The summed E-state index contributed by atoms with van der Waals surface area (Å²) < 4.78 is 15.8. The molecule has 1 unspecified atom stereocenters. The molecule has 2 aromatic carbocycles. The highest BCUT2D eigenvalue weighted by Crippen LogP contribution is 2.41. The fraction of sp³-hybridized carbons (Fsp3) is 0.280. The van der Waals surface area contributed by atoms with Crippen LogP contribution in [0.15, 0.2) is 71.3 Å². The second-order valence-corrected chi connectivity index (χ2v) is 7.71.